The van der Waals surface area contributed by atoms with E-state index in [0.29, 0.717) is 17.2 Å². The summed E-state index contributed by atoms with van der Waals surface area (Å²) in [7, 11) is -2.24. The second kappa shape index (κ2) is 13.1. The zero-order valence-corrected chi connectivity index (χ0v) is 23.2. The van der Waals surface area contributed by atoms with Gasteiger partial charge in [-0.1, -0.05) is 56.0 Å². The molecule has 0 spiro atoms. The fourth-order valence-electron chi connectivity index (χ4n) is 4.64. The lowest BCUT2D eigenvalue weighted by Crippen LogP contribution is -2.53. The van der Waals surface area contributed by atoms with E-state index in [2.05, 4.69) is 5.32 Å². The van der Waals surface area contributed by atoms with Crippen LogP contribution in [-0.2, 0) is 26.2 Å². The second-order valence-electron chi connectivity index (χ2n) is 9.39. The Kier molecular flexibility index (Phi) is 10.2. The molecule has 10 heteroatoms. The first-order valence-electron chi connectivity index (χ1n) is 12.6. The van der Waals surface area contributed by atoms with Crippen LogP contribution in [-0.4, -0.2) is 57.1 Å². The maximum absolute atomic E-state index is 13.8. The van der Waals surface area contributed by atoms with Crippen LogP contribution in [0, 0.1) is 0 Å². The van der Waals surface area contributed by atoms with Crippen LogP contribution in [0.25, 0.3) is 0 Å². The summed E-state index contributed by atoms with van der Waals surface area (Å²) in [5, 5.41) is 3.48. The average Bonchev–Trinajstić information content (AvgIpc) is 2.87. The maximum atomic E-state index is 13.8. The molecular weight excluding hydrogens is 514 g/mol. The highest BCUT2D eigenvalue weighted by Gasteiger charge is 2.32. The molecule has 3 rings (SSSR count). The lowest BCUT2D eigenvalue weighted by Gasteiger charge is -2.34. The summed E-state index contributed by atoms with van der Waals surface area (Å²) >= 11 is 6.10. The minimum Gasteiger partial charge on any atom is -0.497 e. The SMILES string of the molecule is CC[C@H](C(=O)NC1CCCCC1)N(Cc1ccc(OC)cc1)C(=O)CN(c1cccc(Cl)c1)S(C)(=O)=O. The van der Waals surface area contributed by atoms with Gasteiger partial charge in [-0.15, -0.1) is 0 Å². The van der Waals surface area contributed by atoms with Crippen LogP contribution in [0.1, 0.15) is 51.0 Å². The molecule has 2 aromatic rings. The van der Waals surface area contributed by atoms with E-state index in [9.17, 15) is 18.0 Å². The first-order chi connectivity index (χ1) is 17.6. The summed E-state index contributed by atoms with van der Waals surface area (Å²) in [5.41, 5.74) is 1.08. The van der Waals surface area contributed by atoms with E-state index < -0.39 is 28.5 Å². The lowest BCUT2D eigenvalue weighted by molar-refractivity contribution is -0.140. The number of halogens is 1. The molecule has 1 saturated carbocycles. The van der Waals surface area contributed by atoms with E-state index in [-0.39, 0.29) is 24.2 Å². The smallest absolute Gasteiger partial charge is 0.244 e. The predicted octanol–water partition coefficient (Wildman–Crippen LogP) is 4.37. The zero-order valence-electron chi connectivity index (χ0n) is 21.7. The minimum atomic E-state index is -3.81. The topological polar surface area (TPSA) is 96.0 Å². The highest BCUT2D eigenvalue weighted by molar-refractivity contribution is 7.92. The van der Waals surface area contributed by atoms with Crippen molar-refractivity contribution in [2.75, 3.05) is 24.2 Å². The standard InChI is InChI=1S/C27H36ClN3O5S/c1-4-25(27(33)29-22-10-6-5-7-11-22)30(18-20-13-15-24(36-2)16-14-20)26(32)19-31(37(3,34)35)23-12-8-9-21(28)17-23/h8-9,12-17,22,25H,4-7,10-11,18-19H2,1-3H3,(H,29,33)/t25-/m1/s1. The molecule has 1 N–H and O–H groups in total. The van der Waals surface area contributed by atoms with Crippen LogP contribution in [0.5, 0.6) is 5.75 Å². The van der Waals surface area contributed by atoms with Gasteiger partial charge in [-0.05, 0) is 55.2 Å². The summed E-state index contributed by atoms with van der Waals surface area (Å²) < 4.78 is 31.6. The first kappa shape index (κ1) is 28.8. The number of carbonyl (C=O) groups excluding carboxylic acids is 2. The Morgan fingerprint density at radius 1 is 1.11 bits per heavy atom. The molecule has 0 heterocycles. The molecule has 0 aromatic heterocycles. The van der Waals surface area contributed by atoms with Crippen molar-refractivity contribution in [2.24, 2.45) is 0 Å². The predicted molar refractivity (Wildman–Crippen MR) is 146 cm³/mol. The Morgan fingerprint density at radius 2 is 1.78 bits per heavy atom. The summed E-state index contributed by atoms with van der Waals surface area (Å²) in [6.45, 7) is 1.54. The Balaban J connectivity index is 1.91. The Labute approximate surface area is 225 Å². The molecule has 0 bridgehead atoms. The van der Waals surface area contributed by atoms with Gasteiger partial charge >= 0.3 is 0 Å². The third-order valence-corrected chi connectivity index (χ3v) is 8.00. The number of methoxy groups -OCH3 is 1. The molecule has 1 atom stereocenters. The average molecular weight is 550 g/mol. The molecule has 1 aliphatic carbocycles. The molecule has 37 heavy (non-hydrogen) atoms. The molecule has 0 unspecified atom stereocenters. The largest absolute Gasteiger partial charge is 0.497 e. The summed E-state index contributed by atoms with van der Waals surface area (Å²) in [4.78, 5) is 28.6. The van der Waals surface area contributed by atoms with Gasteiger partial charge in [0.2, 0.25) is 21.8 Å². The minimum absolute atomic E-state index is 0.0900. The van der Waals surface area contributed by atoms with Gasteiger partial charge in [-0.3, -0.25) is 13.9 Å². The molecule has 2 amide bonds. The highest BCUT2D eigenvalue weighted by atomic mass is 35.5. The number of nitrogens with zero attached hydrogens (tertiary/aromatic N) is 2. The van der Waals surface area contributed by atoms with Crippen LogP contribution in [0.4, 0.5) is 5.69 Å². The van der Waals surface area contributed by atoms with Crippen LogP contribution in [0.15, 0.2) is 48.5 Å². The Bertz CT molecular complexity index is 1170. The molecule has 2 aromatic carbocycles. The van der Waals surface area contributed by atoms with Gasteiger partial charge in [-0.25, -0.2) is 8.42 Å². The van der Waals surface area contributed by atoms with Gasteiger partial charge in [0.1, 0.15) is 18.3 Å². The van der Waals surface area contributed by atoms with E-state index >= 15 is 0 Å². The van der Waals surface area contributed by atoms with Crippen LogP contribution in [0.2, 0.25) is 5.02 Å². The van der Waals surface area contributed by atoms with Crippen molar-refractivity contribution in [3.8, 4) is 5.75 Å². The quantitative estimate of drug-likeness (QED) is 0.449. The molecular formula is C27H36ClN3O5S. The fourth-order valence-corrected chi connectivity index (χ4v) is 5.66. The van der Waals surface area contributed by atoms with E-state index in [1.54, 1.807) is 37.4 Å². The van der Waals surface area contributed by atoms with Gasteiger partial charge in [0.25, 0.3) is 0 Å². The number of nitrogens with one attached hydrogen (secondary N) is 1. The normalized spacial score (nSPS) is 15.0. The fraction of sp³-hybridized carbons (Fsp3) is 0.481. The summed E-state index contributed by atoms with van der Waals surface area (Å²) in [6.07, 6.45) is 6.57. The number of benzene rings is 2. The summed E-state index contributed by atoms with van der Waals surface area (Å²) in [6, 6.07) is 12.9. The number of amides is 2. The second-order valence-corrected chi connectivity index (χ2v) is 11.7. The lowest BCUT2D eigenvalue weighted by atomic mass is 9.95. The molecule has 0 aliphatic heterocycles. The van der Waals surface area contributed by atoms with Crippen LogP contribution in [0.3, 0.4) is 0 Å². The van der Waals surface area contributed by atoms with Crippen molar-refractivity contribution in [1.82, 2.24) is 10.2 Å². The number of hydrogen-bond donors (Lipinski definition) is 1. The van der Waals surface area contributed by atoms with Gasteiger partial charge in [0.05, 0.1) is 19.1 Å². The van der Waals surface area contributed by atoms with Crippen molar-refractivity contribution in [2.45, 2.75) is 64.1 Å². The van der Waals surface area contributed by atoms with E-state index in [1.807, 2.05) is 19.1 Å². The first-order valence-corrected chi connectivity index (χ1v) is 14.8. The highest BCUT2D eigenvalue weighted by Crippen LogP contribution is 2.24. The molecule has 1 aliphatic rings. The van der Waals surface area contributed by atoms with Crippen molar-refractivity contribution >= 4 is 39.1 Å². The number of rotatable bonds is 11. The monoisotopic (exact) mass is 549 g/mol. The van der Waals surface area contributed by atoms with Crippen LogP contribution >= 0.6 is 11.6 Å². The van der Waals surface area contributed by atoms with Crippen molar-refractivity contribution < 1.29 is 22.7 Å². The maximum Gasteiger partial charge on any atom is 0.244 e. The molecule has 1 fully saturated rings. The molecule has 0 radical (unpaired) electrons. The van der Waals surface area contributed by atoms with Crippen molar-refractivity contribution in [3.63, 3.8) is 0 Å². The van der Waals surface area contributed by atoms with Crippen LogP contribution < -0.4 is 14.4 Å². The number of carbonyl (C=O) groups is 2. The molecule has 8 nitrogen and oxygen atoms in total. The van der Waals surface area contributed by atoms with Gasteiger partial charge in [-0.2, -0.15) is 0 Å². The number of ether oxygens (including phenoxy) is 1. The molecule has 0 saturated heterocycles. The van der Waals surface area contributed by atoms with Gasteiger partial charge < -0.3 is 15.0 Å². The van der Waals surface area contributed by atoms with Gasteiger partial charge in [0, 0.05) is 17.6 Å². The van der Waals surface area contributed by atoms with Crippen molar-refractivity contribution in [1.29, 1.82) is 0 Å². The number of sulfonamides is 1. The number of anilines is 1. The zero-order chi connectivity index (χ0) is 27.0. The van der Waals surface area contributed by atoms with E-state index in [1.165, 1.54) is 11.0 Å². The number of hydrogen-bond acceptors (Lipinski definition) is 5. The van der Waals surface area contributed by atoms with E-state index in [0.717, 1.165) is 48.2 Å². The van der Waals surface area contributed by atoms with Crippen molar-refractivity contribution in [3.05, 3.63) is 59.1 Å². The third-order valence-electron chi connectivity index (χ3n) is 6.62. The Hall–Kier alpha value is -2.78. The third kappa shape index (κ3) is 8.10. The summed E-state index contributed by atoms with van der Waals surface area (Å²) in [5.74, 6) is -0.0234. The van der Waals surface area contributed by atoms with E-state index in [4.69, 9.17) is 16.3 Å². The Morgan fingerprint density at radius 3 is 2.35 bits per heavy atom. The molecule has 202 valence electrons. The van der Waals surface area contributed by atoms with Gasteiger partial charge in [0.15, 0.2) is 0 Å².